The van der Waals surface area contributed by atoms with Gasteiger partial charge in [0.05, 0.1) is 12.6 Å². The number of amides is 1. The Morgan fingerprint density at radius 2 is 2.50 bits per heavy atom. The van der Waals surface area contributed by atoms with E-state index in [0.717, 1.165) is 24.1 Å². The van der Waals surface area contributed by atoms with Gasteiger partial charge in [-0.3, -0.25) is 14.6 Å². The lowest BCUT2D eigenvalue weighted by Crippen LogP contribution is -2.19. The first-order valence-electron chi connectivity index (χ1n) is 4.60. The molecule has 0 saturated carbocycles. The summed E-state index contributed by atoms with van der Waals surface area (Å²) in [5, 5.41) is 1.35. The van der Waals surface area contributed by atoms with Gasteiger partial charge in [0.2, 0.25) is 6.41 Å². The molecule has 0 N–H and O–H groups in total. The minimum absolute atomic E-state index is 0.0283. The third-order valence-electron chi connectivity index (χ3n) is 2.36. The SMILES string of the molecule is Cc1ccc([C@@H]2CCON2C=O)cn1. The topological polar surface area (TPSA) is 42.4 Å². The number of pyridine rings is 1. The summed E-state index contributed by atoms with van der Waals surface area (Å²) >= 11 is 0. The van der Waals surface area contributed by atoms with E-state index >= 15 is 0 Å². The van der Waals surface area contributed by atoms with Crippen LogP contribution in [0.1, 0.15) is 23.7 Å². The first-order chi connectivity index (χ1) is 6.81. The zero-order chi connectivity index (χ0) is 9.97. The molecule has 14 heavy (non-hydrogen) atoms. The van der Waals surface area contributed by atoms with Crippen LogP contribution < -0.4 is 0 Å². The van der Waals surface area contributed by atoms with Crippen molar-refractivity contribution in [3.8, 4) is 0 Å². The van der Waals surface area contributed by atoms with Crippen molar-refractivity contribution in [3.63, 3.8) is 0 Å². The Balaban J connectivity index is 2.21. The number of nitrogens with zero attached hydrogens (tertiary/aromatic N) is 2. The molecule has 1 aliphatic heterocycles. The van der Waals surface area contributed by atoms with Gasteiger partial charge in [0, 0.05) is 18.3 Å². The Kier molecular flexibility index (Phi) is 2.45. The molecule has 2 heterocycles. The predicted octanol–water partition coefficient (Wildman–Crippen LogP) is 1.22. The lowest BCUT2D eigenvalue weighted by Gasteiger charge is -2.17. The molecule has 2 rings (SSSR count). The normalized spacial score (nSPS) is 21.2. The molecule has 1 aromatic heterocycles. The van der Waals surface area contributed by atoms with Crippen LogP contribution in [0.4, 0.5) is 0 Å². The van der Waals surface area contributed by atoms with Crippen molar-refractivity contribution >= 4 is 6.41 Å². The van der Waals surface area contributed by atoms with Crippen molar-refractivity contribution in [2.24, 2.45) is 0 Å². The Bertz CT molecular complexity index is 323. The quantitative estimate of drug-likeness (QED) is 0.662. The Labute approximate surface area is 82.5 Å². The molecule has 1 atom stereocenters. The molecule has 0 aromatic carbocycles. The van der Waals surface area contributed by atoms with Crippen LogP contribution in [-0.2, 0) is 9.63 Å². The van der Waals surface area contributed by atoms with E-state index in [4.69, 9.17) is 4.84 Å². The second kappa shape index (κ2) is 3.75. The summed E-state index contributed by atoms with van der Waals surface area (Å²) in [6.45, 7) is 2.53. The maximum absolute atomic E-state index is 10.6. The van der Waals surface area contributed by atoms with E-state index in [1.54, 1.807) is 6.20 Å². The lowest BCUT2D eigenvalue weighted by molar-refractivity contribution is -0.161. The number of aromatic nitrogens is 1. The van der Waals surface area contributed by atoms with Gasteiger partial charge < -0.3 is 0 Å². The number of hydrogen-bond acceptors (Lipinski definition) is 3. The molecule has 1 amide bonds. The zero-order valence-corrected chi connectivity index (χ0v) is 8.01. The highest BCUT2D eigenvalue weighted by atomic mass is 16.7. The van der Waals surface area contributed by atoms with Crippen molar-refractivity contribution in [1.29, 1.82) is 0 Å². The number of hydroxylamine groups is 2. The molecule has 74 valence electrons. The fourth-order valence-corrected chi connectivity index (χ4v) is 1.58. The molecule has 0 bridgehead atoms. The van der Waals surface area contributed by atoms with E-state index in [1.165, 1.54) is 5.06 Å². The van der Waals surface area contributed by atoms with Gasteiger partial charge in [0.15, 0.2) is 0 Å². The van der Waals surface area contributed by atoms with Crippen LogP contribution in [0.3, 0.4) is 0 Å². The third-order valence-corrected chi connectivity index (χ3v) is 2.36. The van der Waals surface area contributed by atoms with Gasteiger partial charge in [-0.1, -0.05) is 6.07 Å². The Morgan fingerprint density at radius 1 is 1.64 bits per heavy atom. The average molecular weight is 192 g/mol. The fourth-order valence-electron chi connectivity index (χ4n) is 1.58. The van der Waals surface area contributed by atoms with E-state index in [-0.39, 0.29) is 6.04 Å². The predicted molar refractivity (Wildman–Crippen MR) is 50.2 cm³/mol. The number of carbonyl (C=O) groups excluding carboxylic acids is 1. The van der Waals surface area contributed by atoms with E-state index in [2.05, 4.69) is 4.98 Å². The third kappa shape index (κ3) is 1.61. The second-order valence-electron chi connectivity index (χ2n) is 3.34. The molecule has 1 fully saturated rings. The first kappa shape index (κ1) is 9.15. The highest BCUT2D eigenvalue weighted by molar-refractivity contribution is 5.47. The summed E-state index contributed by atoms with van der Waals surface area (Å²) < 4.78 is 0. The second-order valence-corrected chi connectivity index (χ2v) is 3.34. The molecule has 1 saturated heterocycles. The van der Waals surface area contributed by atoms with Crippen LogP contribution in [0.2, 0.25) is 0 Å². The highest BCUT2D eigenvalue weighted by Gasteiger charge is 2.26. The van der Waals surface area contributed by atoms with Crippen LogP contribution in [0, 0.1) is 6.92 Å². The van der Waals surface area contributed by atoms with Gasteiger partial charge in [-0.25, -0.2) is 5.06 Å². The number of aryl methyl sites for hydroxylation is 1. The van der Waals surface area contributed by atoms with Crippen LogP contribution in [0.15, 0.2) is 18.3 Å². The molecule has 0 spiro atoms. The Hall–Kier alpha value is -1.42. The van der Waals surface area contributed by atoms with Crippen molar-refractivity contribution in [1.82, 2.24) is 10.0 Å². The number of hydrogen-bond donors (Lipinski definition) is 0. The minimum atomic E-state index is 0.0283. The minimum Gasteiger partial charge on any atom is -0.276 e. The maximum Gasteiger partial charge on any atom is 0.233 e. The van der Waals surface area contributed by atoms with Gasteiger partial charge in [-0.15, -0.1) is 0 Å². The summed E-state index contributed by atoms with van der Waals surface area (Å²) in [4.78, 5) is 20.0. The molecule has 0 aliphatic carbocycles. The van der Waals surface area contributed by atoms with E-state index in [0.29, 0.717) is 6.61 Å². The molecule has 1 aliphatic rings. The summed E-state index contributed by atoms with van der Waals surface area (Å²) in [5.74, 6) is 0. The van der Waals surface area contributed by atoms with E-state index < -0.39 is 0 Å². The van der Waals surface area contributed by atoms with Crippen LogP contribution in [0.5, 0.6) is 0 Å². The summed E-state index contributed by atoms with van der Waals surface area (Å²) in [5.41, 5.74) is 2.01. The summed E-state index contributed by atoms with van der Waals surface area (Å²) in [7, 11) is 0. The average Bonchev–Trinajstić information content (AvgIpc) is 2.67. The van der Waals surface area contributed by atoms with Crippen molar-refractivity contribution < 1.29 is 9.63 Å². The molecule has 0 unspecified atom stereocenters. The van der Waals surface area contributed by atoms with Gasteiger partial charge in [0.1, 0.15) is 0 Å². The smallest absolute Gasteiger partial charge is 0.233 e. The fraction of sp³-hybridized carbons (Fsp3) is 0.400. The standard InChI is InChI=1S/C10H12N2O2/c1-8-2-3-9(6-11-8)10-4-5-14-12(10)7-13/h2-3,6-7,10H,4-5H2,1H3/t10-/m0/s1. The van der Waals surface area contributed by atoms with Crippen LogP contribution in [0.25, 0.3) is 0 Å². The number of carbonyl (C=O) groups is 1. The van der Waals surface area contributed by atoms with E-state index in [9.17, 15) is 4.79 Å². The monoisotopic (exact) mass is 192 g/mol. The van der Waals surface area contributed by atoms with Crippen LogP contribution >= 0.6 is 0 Å². The molecule has 0 radical (unpaired) electrons. The number of rotatable bonds is 2. The molecule has 4 nitrogen and oxygen atoms in total. The van der Waals surface area contributed by atoms with Gasteiger partial charge in [-0.2, -0.15) is 0 Å². The van der Waals surface area contributed by atoms with Crippen molar-refractivity contribution in [2.45, 2.75) is 19.4 Å². The van der Waals surface area contributed by atoms with Crippen molar-refractivity contribution in [3.05, 3.63) is 29.6 Å². The van der Waals surface area contributed by atoms with Gasteiger partial charge in [-0.05, 0) is 18.6 Å². The molecular weight excluding hydrogens is 180 g/mol. The molecular formula is C10H12N2O2. The summed E-state index contributed by atoms with van der Waals surface area (Å²) in [6.07, 6.45) is 3.35. The molecule has 1 aromatic rings. The molecule has 4 heteroatoms. The summed E-state index contributed by atoms with van der Waals surface area (Å²) in [6, 6.07) is 3.95. The largest absolute Gasteiger partial charge is 0.276 e. The van der Waals surface area contributed by atoms with Gasteiger partial charge in [0.25, 0.3) is 0 Å². The lowest BCUT2D eigenvalue weighted by atomic mass is 10.1. The zero-order valence-electron chi connectivity index (χ0n) is 8.01. The van der Waals surface area contributed by atoms with Crippen LogP contribution in [-0.4, -0.2) is 23.1 Å². The van der Waals surface area contributed by atoms with Gasteiger partial charge >= 0.3 is 0 Å². The highest BCUT2D eigenvalue weighted by Crippen LogP contribution is 2.27. The Morgan fingerprint density at radius 3 is 3.14 bits per heavy atom. The van der Waals surface area contributed by atoms with Crippen molar-refractivity contribution in [2.75, 3.05) is 6.61 Å². The first-order valence-corrected chi connectivity index (χ1v) is 4.60. The van der Waals surface area contributed by atoms with E-state index in [1.807, 2.05) is 19.1 Å². The maximum atomic E-state index is 10.6.